The molecule has 1 unspecified atom stereocenters. The van der Waals surface area contributed by atoms with Crippen molar-refractivity contribution < 1.29 is 4.74 Å². The van der Waals surface area contributed by atoms with Crippen molar-refractivity contribution in [3.8, 4) is 0 Å². The van der Waals surface area contributed by atoms with Crippen molar-refractivity contribution >= 4 is 16.7 Å². The van der Waals surface area contributed by atoms with Crippen molar-refractivity contribution in [3.63, 3.8) is 0 Å². The maximum Gasteiger partial charge on any atom is 0.131 e. The minimum atomic E-state index is 0.376. The zero-order valence-electron chi connectivity index (χ0n) is 12.8. The van der Waals surface area contributed by atoms with Crippen LogP contribution < -0.4 is 5.32 Å². The number of methoxy groups -OCH3 is 1. The molecule has 1 aromatic heterocycles. The van der Waals surface area contributed by atoms with Gasteiger partial charge in [0.2, 0.25) is 0 Å². The molecule has 112 valence electrons. The molecule has 0 spiro atoms. The average molecular weight is 285 g/mol. The minimum Gasteiger partial charge on any atom is -0.380 e. The Hall–Kier alpha value is -1.65. The molecule has 1 saturated heterocycles. The van der Waals surface area contributed by atoms with Gasteiger partial charge in [0.25, 0.3) is 0 Å². The van der Waals surface area contributed by atoms with E-state index in [2.05, 4.69) is 41.4 Å². The molecule has 1 atom stereocenters. The van der Waals surface area contributed by atoms with E-state index in [0.717, 1.165) is 43.9 Å². The first-order chi connectivity index (χ1) is 10.3. The van der Waals surface area contributed by atoms with Gasteiger partial charge in [0.1, 0.15) is 5.82 Å². The molecule has 1 aliphatic rings. The van der Waals surface area contributed by atoms with E-state index in [1.807, 2.05) is 6.07 Å². The van der Waals surface area contributed by atoms with Gasteiger partial charge in [0.05, 0.1) is 11.6 Å². The number of pyridine rings is 1. The van der Waals surface area contributed by atoms with Crippen LogP contribution in [0.5, 0.6) is 0 Å². The maximum absolute atomic E-state index is 5.45. The highest BCUT2D eigenvalue weighted by Gasteiger charge is 2.23. The summed E-state index contributed by atoms with van der Waals surface area (Å²) in [6.07, 6.45) is 1.50. The number of hydrogen-bond acceptors (Lipinski definition) is 4. The summed E-state index contributed by atoms with van der Waals surface area (Å²) in [5, 5.41) is 4.60. The predicted octanol–water partition coefficient (Wildman–Crippen LogP) is 2.89. The molecule has 1 aromatic carbocycles. The Kier molecular flexibility index (Phi) is 4.36. The minimum absolute atomic E-state index is 0.376. The number of fused-ring (bicyclic) bond motifs is 1. The number of aromatic nitrogens is 1. The van der Waals surface area contributed by atoms with Crippen LogP contribution in [0.3, 0.4) is 0 Å². The van der Waals surface area contributed by atoms with Gasteiger partial charge in [-0.25, -0.2) is 4.98 Å². The third-order valence-corrected chi connectivity index (χ3v) is 4.10. The Bertz CT molecular complexity index is 614. The molecule has 0 aliphatic carbocycles. The normalized spacial score (nSPS) is 19.2. The van der Waals surface area contributed by atoms with E-state index in [1.165, 1.54) is 10.9 Å². The second-order valence-electron chi connectivity index (χ2n) is 5.60. The number of para-hydroxylation sites is 1. The number of nitrogens with one attached hydrogen (secondary N) is 1. The van der Waals surface area contributed by atoms with E-state index >= 15 is 0 Å². The first-order valence-electron chi connectivity index (χ1n) is 7.68. The number of hydrogen-bond donors (Lipinski definition) is 1. The summed E-state index contributed by atoms with van der Waals surface area (Å²) in [6, 6.07) is 10.6. The van der Waals surface area contributed by atoms with E-state index in [-0.39, 0.29) is 0 Å². The Morgan fingerprint density at radius 3 is 3.00 bits per heavy atom. The fourth-order valence-electron chi connectivity index (χ4n) is 2.97. The van der Waals surface area contributed by atoms with E-state index in [9.17, 15) is 0 Å². The topological polar surface area (TPSA) is 37.4 Å². The molecular weight excluding hydrogens is 262 g/mol. The first-order valence-corrected chi connectivity index (χ1v) is 7.68. The van der Waals surface area contributed by atoms with Crippen LogP contribution in [0.2, 0.25) is 0 Å². The SMILES string of the molecule is CCNc1nc2ccccc2cc1CN1CCC(OC)C1. The van der Waals surface area contributed by atoms with Gasteiger partial charge in [-0.2, -0.15) is 0 Å². The molecule has 0 bridgehead atoms. The first kappa shape index (κ1) is 14.3. The van der Waals surface area contributed by atoms with Gasteiger partial charge in [0.15, 0.2) is 0 Å². The Labute approximate surface area is 126 Å². The van der Waals surface area contributed by atoms with Crippen molar-refractivity contribution in [2.75, 3.05) is 32.1 Å². The van der Waals surface area contributed by atoms with Crippen LogP contribution in [0.15, 0.2) is 30.3 Å². The summed E-state index contributed by atoms with van der Waals surface area (Å²) in [7, 11) is 1.80. The second-order valence-corrected chi connectivity index (χ2v) is 5.60. The molecule has 0 radical (unpaired) electrons. The van der Waals surface area contributed by atoms with Gasteiger partial charge in [-0.15, -0.1) is 0 Å². The lowest BCUT2D eigenvalue weighted by Gasteiger charge is -2.18. The number of nitrogens with zero attached hydrogens (tertiary/aromatic N) is 2. The van der Waals surface area contributed by atoms with Crippen molar-refractivity contribution in [2.24, 2.45) is 0 Å². The highest BCUT2D eigenvalue weighted by molar-refractivity contribution is 5.81. The third kappa shape index (κ3) is 3.17. The number of anilines is 1. The monoisotopic (exact) mass is 285 g/mol. The number of ether oxygens (including phenoxy) is 1. The van der Waals surface area contributed by atoms with Gasteiger partial charge in [-0.3, -0.25) is 4.90 Å². The van der Waals surface area contributed by atoms with E-state index in [1.54, 1.807) is 7.11 Å². The molecule has 1 N–H and O–H groups in total. The van der Waals surface area contributed by atoms with Crippen LogP contribution in [-0.2, 0) is 11.3 Å². The Balaban J connectivity index is 1.87. The van der Waals surface area contributed by atoms with E-state index < -0.39 is 0 Å². The van der Waals surface area contributed by atoms with Crippen molar-refractivity contribution in [1.29, 1.82) is 0 Å². The van der Waals surface area contributed by atoms with E-state index in [0.29, 0.717) is 6.10 Å². The van der Waals surface area contributed by atoms with Crippen LogP contribution >= 0.6 is 0 Å². The molecule has 1 fully saturated rings. The molecule has 4 nitrogen and oxygen atoms in total. The summed E-state index contributed by atoms with van der Waals surface area (Å²) in [4.78, 5) is 7.22. The number of rotatable bonds is 5. The molecule has 3 rings (SSSR count). The summed E-state index contributed by atoms with van der Waals surface area (Å²) >= 11 is 0. The number of benzene rings is 1. The summed E-state index contributed by atoms with van der Waals surface area (Å²) in [5.74, 6) is 1.01. The highest BCUT2D eigenvalue weighted by atomic mass is 16.5. The fraction of sp³-hybridized carbons (Fsp3) is 0.471. The number of likely N-dealkylation sites (tertiary alicyclic amines) is 1. The molecule has 21 heavy (non-hydrogen) atoms. The van der Waals surface area contributed by atoms with Crippen molar-refractivity contribution in [1.82, 2.24) is 9.88 Å². The van der Waals surface area contributed by atoms with Crippen molar-refractivity contribution in [3.05, 3.63) is 35.9 Å². The van der Waals surface area contributed by atoms with E-state index in [4.69, 9.17) is 9.72 Å². The van der Waals surface area contributed by atoms with Crippen LogP contribution in [-0.4, -0.2) is 42.7 Å². The summed E-state index contributed by atoms with van der Waals surface area (Å²) < 4.78 is 5.45. The van der Waals surface area contributed by atoms with Gasteiger partial charge in [-0.1, -0.05) is 18.2 Å². The fourth-order valence-corrected chi connectivity index (χ4v) is 2.97. The van der Waals surface area contributed by atoms with Gasteiger partial charge >= 0.3 is 0 Å². The molecule has 4 heteroatoms. The molecule has 0 amide bonds. The lowest BCUT2D eigenvalue weighted by molar-refractivity contribution is 0.107. The predicted molar refractivity (Wildman–Crippen MR) is 86.6 cm³/mol. The zero-order chi connectivity index (χ0) is 14.7. The van der Waals surface area contributed by atoms with Crippen LogP contribution in [0.1, 0.15) is 18.9 Å². The lowest BCUT2D eigenvalue weighted by atomic mass is 10.1. The van der Waals surface area contributed by atoms with Gasteiger partial charge in [0, 0.05) is 44.2 Å². The molecule has 2 aromatic rings. The molecule has 1 aliphatic heterocycles. The smallest absolute Gasteiger partial charge is 0.131 e. The van der Waals surface area contributed by atoms with Gasteiger partial charge < -0.3 is 10.1 Å². The second kappa shape index (κ2) is 6.41. The highest BCUT2D eigenvalue weighted by Crippen LogP contribution is 2.24. The maximum atomic E-state index is 5.45. The molecular formula is C17H23N3O. The Morgan fingerprint density at radius 1 is 1.38 bits per heavy atom. The van der Waals surface area contributed by atoms with Crippen LogP contribution in [0.25, 0.3) is 10.9 Å². The largest absolute Gasteiger partial charge is 0.380 e. The molecule has 0 saturated carbocycles. The third-order valence-electron chi connectivity index (χ3n) is 4.10. The lowest BCUT2D eigenvalue weighted by Crippen LogP contribution is -2.23. The molecule has 2 heterocycles. The average Bonchev–Trinajstić information content (AvgIpc) is 2.96. The zero-order valence-corrected chi connectivity index (χ0v) is 12.8. The quantitative estimate of drug-likeness (QED) is 0.916. The van der Waals surface area contributed by atoms with Crippen LogP contribution in [0.4, 0.5) is 5.82 Å². The Morgan fingerprint density at radius 2 is 2.24 bits per heavy atom. The van der Waals surface area contributed by atoms with Gasteiger partial charge in [-0.05, 0) is 25.5 Å². The summed E-state index contributed by atoms with van der Waals surface area (Å²) in [5.41, 5.74) is 2.32. The van der Waals surface area contributed by atoms with Crippen molar-refractivity contribution in [2.45, 2.75) is 26.0 Å². The standard InChI is InChI=1S/C17H23N3O/c1-3-18-17-14(11-20-9-8-15(12-20)21-2)10-13-6-4-5-7-16(13)19-17/h4-7,10,15H,3,8-9,11-12H2,1-2H3,(H,18,19). The summed E-state index contributed by atoms with van der Waals surface area (Å²) in [6.45, 7) is 6.03. The van der Waals surface area contributed by atoms with Crippen LogP contribution in [0, 0.1) is 0 Å².